The highest BCUT2D eigenvalue weighted by Crippen LogP contribution is 2.70. The molecule has 2 atom stereocenters. The Morgan fingerprint density at radius 2 is 1.18 bits per heavy atom. The summed E-state index contributed by atoms with van der Waals surface area (Å²) >= 11 is 8.03. The van der Waals surface area contributed by atoms with Crippen LogP contribution in [0.5, 0.6) is 0 Å². The summed E-state index contributed by atoms with van der Waals surface area (Å²) in [6.07, 6.45) is 0. The highest BCUT2D eigenvalue weighted by atomic mass is 79.9. The van der Waals surface area contributed by atoms with E-state index in [1.807, 2.05) is 78.9 Å². The van der Waals surface area contributed by atoms with Crippen molar-refractivity contribution in [2.75, 3.05) is 4.90 Å². The standard InChI is InChI=1S/C32H21Br2NO4/c33-31-22-13-4-5-14-23(22)32(34,25-16-7-6-15-24(25)31)27-26(31)28(36)35(29(27)37)21-12-8-11-20(17-21)30(38)39-18-19-9-2-1-3-10-19/h1-17,26-27H,18H2/t26-,27+,31?,32?. The van der Waals surface area contributed by atoms with E-state index >= 15 is 0 Å². The number of anilines is 1. The number of imide groups is 1. The molecule has 4 aromatic rings. The molecule has 1 heterocycles. The maximum atomic E-state index is 14.2. The summed E-state index contributed by atoms with van der Waals surface area (Å²) < 4.78 is 3.76. The summed E-state index contributed by atoms with van der Waals surface area (Å²) in [5.74, 6) is -2.48. The van der Waals surface area contributed by atoms with Crippen molar-refractivity contribution in [3.63, 3.8) is 0 Å². The van der Waals surface area contributed by atoms with Gasteiger partial charge in [-0.25, -0.2) is 9.69 Å². The van der Waals surface area contributed by atoms with Gasteiger partial charge in [0.15, 0.2) is 0 Å². The molecule has 0 N–H and O–H groups in total. The summed E-state index contributed by atoms with van der Waals surface area (Å²) in [5.41, 5.74) is 5.40. The second kappa shape index (κ2) is 8.73. The fraction of sp³-hybridized carbons (Fsp3) is 0.156. The Morgan fingerprint density at radius 1 is 0.692 bits per heavy atom. The smallest absolute Gasteiger partial charge is 0.338 e. The topological polar surface area (TPSA) is 63.7 Å². The Balaban J connectivity index is 1.29. The van der Waals surface area contributed by atoms with E-state index in [4.69, 9.17) is 4.74 Å². The first-order valence-electron chi connectivity index (χ1n) is 12.6. The van der Waals surface area contributed by atoms with Crippen LogP contribution in [0.4, 0.5) is 5.69 Å². The molecule has 0 saturated carbocycles. The normalized spacial score (nSPS) is 26.2. The molecule has 7 heteroatoms. The van der Waals surface area contributed by atoms with Gasteiger partial charge in [-0.3, -0.25) is 9.59 Å². The number of benzene rings is 4. The fourth-order valence-electron chi connectivity index (χ4n) is 6.50. The zero-order chi connectivity index (χ0) is 26.9. The van der Waals surface area contributed by atoms with Crippen LogP contribution in [0.25, 0.3) is 0 Å². The number of esters is 1. The molecule has 39 heavy (non-hydrogen) atoms. The SMILES string of the molecule is O=C(OCc1ccccc1)c1cccc(N2C(=O)[C@@H]3[C@H](C2=O)C2(Br)c4ccccc4C3(Br)c3ccccc32)c1. The van der Waals surface area contributed by atoms with Crippen molar-refractivity contribution in [3.05, 3.63) is 137 Å². The third-order valence-electron chi connectivity index (χ3n) is 8.14. The first kappa shape index (κ1) is 24.5. The molecule has 0 unspecified atom stereocenters. The largest absolute Gasteiger partial charge is 0.457 e. The van der Waals surface area contributed by atoms with Gasteiger partial charge in [0, 0.05) is 0 Å². The second-order valence-corrected chi connectivity index (χ2v) is 12.6. The van der Waals surface area contributed by atoms with Gasteiger partial charge < -0.3 is 4.74 Å². The maximum absolute atomic E-state index is 14.2. The molecular formula is C32H21Br2NO4. The molecule has 1 saturated heterocycles. The minimum absolute atomic E-state index is 0.129. The third kappa shape index (κ3) is 3.26. The van der Waals surface area contributed by atoms with Crippen LogP contribution < -0.4 is 4.90 Å². The summed E-state index contributed by atoms with van der Waals surface area (Å²) in [7, 11) is 0. The summed E-state index contributed by atoms with van der Waals surface area (Å²) in [6.45, 7) is 0.129. The van der Waals surface area contributed by atoms with Gasteiger partial charge in [-0.15, -0.1) is 0 Å². The molecule has 3 aliphatic carbocycles. The number of hydrogen-bond acceptors (Lipinski definition) is 4. The Bertz CT molecular complexity index is 1560. The van der Waals surface area contributed by atoms with Crippen molar-refractivity contribution in [2.24, 2.45) is 11.8 Å². The van der Waals surface area contributed by atoms with Gasteiger partial charge in [0.25, 0.3) is 0 Å². The fourth-order valence-corrected chi connectivity index (χ4v) is 8.80. The number of amides is 2. The molecule has 8 rings (SSSR count). The van der Waals surface area contributed by atoms with Crippen molar-refractivity contribution in [1.82, 2.24) is 0 Å². The molecule has 1 fully saturated rings. The average Bonchev–Trinajstić information content (AvgIpc) is 3.26. The number of hydrogen-bond donors (Lipinski definition) is 0. The number of ether oxygens (including phenoxy) is 1. The van der Waals surface area contributed by atoms with Crippen LogP contribution in [-0.2, 0) is 29.6 Å². The summed E-state index contributed by atoms with van der Waals surface area (Å²) in [5, 5.41) is 0. The molecule has 4 aliphatic rings. The lowest BCUT2D eigenvalue weighted by molar-refractivity contribution is -0.122. The van der Waals surface area contributed by atoms with E-state index in [1.54, 1.807) is 24.3 Å². The van der Waals surface area contributed by atoms with E-state index in [9.17, 15) is 14.4 Å². The van der Waals surface area contributed by atoms with Gasteiger partial charge in [0.05, 0.1) is 31.7 Å². The van der Waals surface area contributed by atoms with Crippen LogP contribution in [0.15, 0.2) is 103 Å². The number of halogens is 2. The van der Waals surface area contributed by atoms with Gasteiger partial charge >= 0.3 is 5.97 Å². The van der Waals surface area contributed by atoms with Gasteiger partial charge in [-0.05, 0) is 46.0 Å². The van der Waals surface area contributed by atoms with Crippen LogP contribution in [0.1, 0.15) is 38.2 Å². The predicted molar refractivity (Wildman–Crippen MR) is 154 cm³/mol. The van der Waals surface area contributed by atoms with E-state index in [1.165, 1.54) is 4.90 Å². The molecule has 5 nitrogen and oxygen atoms in total. The molecule has 2 bridgehead atoms. The van der Waals surface area contributed by atoms with Crippen molar-refractivity contribution < 1.29 is 19.1 Å². The highest BCUT2D eigenvalue weighted by Gasteiger charge is 2.72. The Hall–Kier alpha value is -3.55. The van der Waals surface area contributed by atoms with E-state index in [0.29, 0.717) is 5.69 Å². The van der Waals surface area contributed by atoms with Crippen molar-refractivity contribution in [1.29, 1.82) is 0 Å². The van der Waals surface area contributed by atoms with E-state index in [0.717, 1.165) is 27.8 Å². The summed E-state index contributed by atoms with van der Waals surface area (Å²) in [4.78, 5) is 42.6. The number of carbonyl (C=O) groups is 3. The van der Waals surface area contributed by atoms with Crippen LogP contribution in [0.2, 0.25) is 0 Å². The molecule has 2 amide bonds. The van der Waals surface area contributed by atoms with E-state index in [2.05, 4.69) is 31.9 Å². The van der Waals surface area contributed by atoms with Gasteiger partial charge in [0.1, 0.15) is 6.61 Å². The molecular weight excluding hydrogens is 622 g/mol. The Morgan fingerprint density at radius 3 is 1.69 bits per heavy atom. The first-order valence-corrected chi connectivity index (χ1v) is 14.2. The lowest BCUT2D eigenvalue weighted by Gasteiger charge is -2.55. The minimum atomic E-state index is -0.867. The molecule has 0 spiro atoms. The average molecular weight is 643 g/mol. The molecule has 0 radical (unpaired) electrons. The second-order valence-electron chi connectivity index (χ2n) is 10.1. The minimum Gasteiger partial charge on any atom is -0.457 e. The van der Waals surface area contributed by atoms with Crippen LogP contribution in [0, 0.1) is 11.8 Å². The first-order chi connectivity index (χ1) is 18.9. The number of alkyl halides is 2. The zero-order valence-electron chi connectivity index (χ0n) is 20.5. The quantitative estimate of drug-likeness (QED) is 0.146. The monoisotopic (exact) mass is 641 g/mol. The zero-order valence-corrected chi connectivity index (χ0v) is 23.7. The van der Waals surface area contributed by atoms with Crippen LogP contribution in [0.3, 0.4) is 0 Å². The molecule has 1 aliphatic heterocycles. The third-order valence-corrected chi connectivity index (χ3v) is 10.8. The Labute approximate surface area is 242 Å². The van der Waals surface area contributed by atoms with Gasteiger partial charge in [-0.1, -0.05) is 117 Å². The molecule has 4 aromatic carbocycles. The lowest BCUT2D eigenvalue weighted by atomic mass is 9.54. The molecule has 0 aromatic heterocycles. The number of rotatable bonds is 4. The van der Waals surface area contributed by atoms with Crippen molar-refractivity contribution in [3.8, 4) is 0 Å². The van der Waals surface area contributed by atoms with Crippen molar-refractivity contribution in [2.45, 2.75) is 15.3 Å². The lowest BCUT2D eigenvalue weighted by Crippen LogP contribution is -2.56. The summed E-state index contributed by atoms with van der Waals surface area (Å²) in [6, 6.07) is 31.9. The highest BCUT2D eigenvalue weighted by molar-refractivity contribution is 9.10. The molecule has 192 valence electrons. The maximum Gasteiger partial charge on any atom is 0.338 e. The number of carbonyl (C=O) groups excluding carboxylic acids is 3. The van der Waals surface area contributed by atoms with E-state index in [-0.39, 0.29) is 24.0 Å². The predicted octanol–water partition coefficient (Wildman–Crippen LogP) is 6.45. The van der Waals surface area contributed by atoms with Gasteiger partial charge in [-0.2, -0.15) is 0 Å². The van der Waals surface area contributed by atoms with Gasteiger partial charge in [0.2, 0.25) is 11.8 Å². The van der Waals surface area contributed by atoms with Crippen molar-refractivity contribution >= 4 is 55.3 Å². The van der Waals surface area contributed by atoms with Crippen LogP contribution >= 0.6 is 31.9 Å². The van der Waals surface area contributed by atoms with Crippen LogP contribution in [-0.4, -0.2) is 17.8 Å². The van der Waals surface area contributed by atoms with E-state index < -0.39 is 26.5 Å². The number of nitrogens with zero attached hydrogens (tertiary/aromatic N) is 1. The Kier molecular flexibility index (Phi) is 5.48.